The van der Waals surface area contributed by atoms with Crippen LogP contribution in [0.1, 0.15) is 31.0 Å². The summed E-state index contributed by atoms with van der Waals surface area (Å²) in [5.74, 6) is 1.90. The highest BCUT2D eigenvalue weighted by atomic mass is 16.5. The number of nitrogens with zero attached hydrogens (tertiary/aromatic N) is 3. The van der Waals surface area contributed by atoms with Gasteiger partial charge in [0.25, 0.3) is 5.56 Å². The molecule has 0 saturated carbocycles. The molecule has 2 N–H and O–H groups in total. The normalized spacial score (nSPS) is 11.3. The van der Waals surface area contributed by atoms with Crippen molar-refractivity contribution in [3.63, 3.8) is 0 Å². The second-order valence-electron chi connectivity index (χ2n) is 8.85. The van der Waals surface area contributed by atoms with E-state index in [4.69, 9.17) is 14.2 Å². The van der Waals surface area contributed by atoms with Crippen molar-refractivity contribution in [2.45, 2.75) is 40.3 Å². The summed E-state index contributed by atoms with van der Waals surface area (Å²) in [6.45, 7) is 7.95. The second kappa shape index (κ2) is 9.80. The zero-order chi connectivity index (χ0) is 26.1. The molecule has 2 aromatic carbocycles. The zero-order valence-corrected chi connectivity index (χ0v) is 21.2. The van der Waals surface area contributed by atoms with Gasteiger partial charge in [-0.3, -0.25) is 13.9 Å². The molecule has 36 heavy (non-hydrogen) atoms. The van der Waals surface area contributed by atoms with Crippen LogP contribution in [0.3, 0.4) is 0 Å². The molecule has 10 heteroatoms. The third-order valence-corrected chi connectivity index (χ3v) is 6.04. The van der Waals surface area contributed by atoms with Gasteiger partial charge in [0.05, 0.1) is 32.5 Å². The minimum atomic E-state index is -0.316. The fourth-order valence-corrected chi connectivity index (χ4v) is 4.25. The summed E-state index contributed by atoms with van der Waals surface area (Å²) in [5.41, 5.74) is 2.26. The molecule has 0 spiro atoms. The number of methoxy groups -OCH3 is 2. The Balaban J connectivity index is 1.62. The van der Waals surface area contributed by atoms with Crippen molar-refractivity contribution in [2.24, 2.45) is 0 Å². The van der Waals surface area contributed by atoms with Gasteiger partial charge in [-0.2, -0.15) is 0 Å². The molecule has 0 bridgehead atoms. The first kappa shape index (κ1) is 24.9. The lowest BCUT2D eigenvalue weighted by Crippen LogP contribution is -2.27. The van der Waals surface area contributed by atoms with Crippen LogP contribution in [-0.4, -0.2) is 45.0 Å². The van der Waals surface area contributed by atoms with E-state index < -0.39 is 0 Å². The molecular formula is C26H30N4O6. The van der Waals surface area contributed by atoms with Crippen LogP contribution < -0.4 is 25.5 Å². The Morgan fingerprint density at radius 3 is 2.33 bits per heavy atom. The van der Waals surface area contributed by atoms with Gasteiger partial charge in [-0.25, -0.2) is 9.78 Å². The number of H-pyrrole nitrogens is 1. The highest BCUT2D eigenvalue weighted by Crippen LogP contribution is 2.31. The van der Waals surface area contributed by atoms with Gasteiger partial charge < -0.3 is 24.3 Å². The molecule has 2 heterocycles. The number of rotatable bonds is 8. The summed E-state index contributed by atoms with van der Waals surface area (Å²) in [4.78, 5) is 32.8. The smallest absolute Gasteiger partial charge is 0.331 e. The Kier molecular flexibility index (Phi) is 6.78. The van der Waals surface area contributed by atoms with E-state index in [2.05, 4.69) is 9.97 Å². The number of fused-ring (bicyclic) bond motifs is 1. The summed E-state index contributed by atoms with van der Waals surface area (Å²) < 4.78 is 19.4. The predicted octanol–water partition coefficient (Wildman–Crippen LogP) is 3.55. The molecular weight excluding hydrogens is 464 g/mol. The van der Waals surface area contributed by atoms with Crippen molar-refractivity contribution >= 4 is 10.9 Å². The Labute approximate surface area is 207 Å². The quantitative estimate of drug-likeness (QED) is 0.384. The first-order valence-electron chi connectivity index (χ1n) is 11.6. The Hall–Kier alpha value is -4.21. The molecule has 0 atom stereocenters. The number of nitrogens with one attached hydrogen (secondary N) is 1. The van der Waals surface area contributed by atoms with E-state index in [1.54, 1.807) is 12.1 Å². The van der Waals surface area contributed by atoms with E-state index in [0.717, 1.165) is 16.7 Å². The lowest BCUT2D eigenvalue weighted by molar-refractivity contribution is 0.282. The van der Waals surface area contributed by atoms with Crippen molar-refractivity contribution < 1.29 is 19.3 Å². The molecule has 0 fully saturated rings. The van der Waals surface area contributed by atoms with Crippen molar-refractivity contribution in [2.75, 3.05) is 20.8 Å². The molecule has 0 amide bonds. The number of hydrogen-bond donors (Lipinski definition) is 2. The number of hydrogen-bond acceptors (Lipinski definition) is 7. The summed E-state index contributed by atoms with van der Waals surface area (Å²) in [6, 6.07) is 7.04. The zero-order valence-electron chi connectivity index (χ0n) is 21.2. The molecule has 4 rings (SSSR count). The van der Waals surface area contributed by atoms with Crippen molar-refractivity contribution in [1.82, 2.24) is 19.1 Å². The average molecular weight is 495 g/mol. The summed E-state index contributed by atoms with van der Waals surface area (Å²) >= 11 is 0. The SMILES string of the molecule is COc1cc(OC)c2c(=O)[nH]c(-c3cc(C)c(OCCn4c(O)cn(C(C)C)c4=O)c(C)c3)nc2c1. The van der Waals surface area contributed by atoms with Gasteiger partial charge in [0, 0.05) is 23.7 Å². The molecule has 0 aliphatic heterocycles. The van der Waals surface area contributed by atoms with Crippen molar-refractivity contribution in [3.05, 3.63) is 62.4 Å². The van der Waals surface area contributed by atoms with E-state index >= 15 is 0 Å². The molecule has 0 aliphatic carbocycles. The molecule has 0 aliphatic rings. The first-order valence-corrected chi connectivity index (χ1v) is 11.6. The standard InChI is InChI=1S/C26H30N4O6/c1-14(2)30-13-21(31)29(26(30)33)7-8-36-23-15(3)9-17(10-16(23)4)24-27-19-11-18(34-5)12-20(35-6)22(19)25(32)28-24/h9-14,31H,7-8H2,1-6H3,(H,27,28,32). The van der Waals surface area contributed by atoms with E-state index in [-0.39, 0.29) is 36.3 Å². The molecule has 0 unspecified atom stereocenters. The maximum absolute atomic E-state index is 12.9. The second-order valence-corrected chi connectivity index (χ2v) is 8.85. The van der Waals surface area contributed by atoms with E-state index in [1.165, 1.54) is 29.6 Å². The maximum Gasteiger partial charge on any atom is 0.331 e. The third-order valence-electron chi connectivity index (χ3n) is 6.04. The van der Waals surface area contributed by atoms with Gasteiger partial charge in [-0.15, -0.1) is 0 Å². The van der Waals surface area contributed by atoms with Crippen LogP contribution >= 0.6 is 0 Å². The summed E-state index contributed by atoms with van der Waals surface area (Å²) in [7, 11) is 3.03. The highest BCUT2D eigenvalue weighted by molar-refractivity contribution is 5.87. The lowest BCUT2D eigenvalue weighted by atomic mass is 10.0. The van der Waals surface area contributed by atoms with Crippen LogP contribution in [0.5, 0.6) is 23.1 Å². The van der Waals surface area contributed by atoms with Crippen LogP contribution in [-0.2, 0) is 6.54 Å². The number of aromatic amines is 1. The number of aromatic nitrogens is 4. The minimum Gasteiger partial charge on any atom is -0.497 e. The van der Waals surface area contributed by atoms with Crippen LogP contribution in [0.4, 0.5) is 0 Å². The minimum absolute atomic E-state index is 0.0556. The number of aromatic hydroxyl groups is 1. The molecule has 0 saturated heterocycles. The maximum atomic E-state index is 12.9. The first-order chi connectivity index (χ1) is 17.1. The highest BCUT2D eigenvalue weighted by Gasteiger charge is 2.16. The van der Waals surface area contributed by atoms with Gasteiger partial charge in [-0.05, 0) is 51.0 Å². The van der Waals surface area contributed by atoms with Gasteiger partial charge in [-0.1, -0.05) is 0 Å². The van der Waals surface area contributed by atoms with Gasteiger partial charge in [0.2, 0.25) is 5.88 Å². The Morgan fingerprint density at radius 2 is 1.75 bits per heavy atom. The monoisotopic (exact) mass is 494 g/mol. The number of benzene rings is 2. The van der Waals surface area contributed by atoms with Gasteiger partial charge >= 0.3 is 5.69 Å². The Morgan fingerprint density at radius 1 is 1.06 bits per heavy atom. The van der Waals surface area contributed by atoms with Gasteiger partial charge in [0.1, 0.15) is 35.1 Å². The van der Waals surface area contributed by atoms with Gasteiger partial charge in [0.15, 0.2) is 0 Å². The third kappa shape index (κ3) is 4.53. The van der Waals surface area contributed by atoms with Crippen molar-refractivity contribution in [3.8, 4) is 34.5 Å². The number of imidazole rings is 1. The van der Waals surface area contributed by atoms with E-state index in [1.807, 2.05) is 39.8 Å². The Bertz CT molecular complexity index is 1520. The van der Waals surface area contributed by atoms with Crippen LogP contribution in [0.15, 0.2) is 40.1 Å². The van der Waals surface area contributed by atoms with Crippen molar-refractivity contribution in [1.29, 1.82) is 0 Å². The van der Waals surface area contributed by atoms with Crippen LogP contribution in [0, 0.1) is 13.8 Å². The van der Waals surface area contributed by atoms with Crippen LogP contribution in [0.25, 0.3) is 22.3 Å². The molecule has 4 aromatic rings. The molecule has 190 valence electrons. The largest absolute Gasteiger partial charge is 0.497 e. The van der Waals surface area contributed by atoms with E-state index in [9.17, 15) is 14.7 Å². The lowest BCUT2D eigenvalue weighted by Gasteiger charge is -2.15. The van der Waals surface area contributed by atoms with E-state index in [0.29, 0.717) is 34.0 Å². The fourth-order valence-electron chi connectivity index (χ4n) is 4.25. The fraction of sp³-hybridized carbons (Fsp3) is 0.346. The summed E-state index contributed by atoms with van der Waals surface area (Å²) in [5, 5.41) is 10.5. The topological polar surface area (TPSA) is 121 Å². The molecule has 10 nitrogen and oxygen atoms in total. The number of aryl methyl sites for hydroxylation is 2. The van der Waals surface area contributed by atoms with Crippen LogP contribution in [0.2, 0.25) is 0 Å². The predicted molar refractivity (Wildman–Crippen MR) is 137 cm³/mol. The average Bonchev–Trinajstić information content (AvgIpc) is 3.13. The molecule has 0 radical (unpaired) electrons. The number of ether oxygens (including phenoxy) is 3. The molecule has 2 aromatic heterocycles. The summed E-state index contributed by atoms with van der Waals surface area (Å²) in [6.07, 6.45) is 1.43.